The first kappa shape index (κ1) is 13.9. The Kier molecular flexibility index (Phi) is 3.94. The fourth-order valence-corrected chi connectivity index (χ4v) is 1.60. The van der Waals surface area contributed by atoms with Gasteiger partial charge in [0.1, 0.15) is 5.56 Å². The fourth-order valence-electron chi connectivity index (χ4n) is 1.43. The van der Waals surface area contributed by atoms with Gasteiger partial charge in [0.15, 0.2) is 6.61 Å². The van der Waals surface area contributed by atoms with Crippen molar-refractivity contribution in [3.05, 3.63) is 50.7 Å². The third-order valence-corrected chi connectivity index (χ3v) is 2.51. The summed E-state index contributed by atoms with van der Waals surface area (Å²) in [5.41, 5.74) is -0.625. The number of hydrogen-bond donors (Lipinski definition) is 0. The summed E-state index contributed by atoms with van der Waals surface area (Å²) in [7, 11) is 0. The molecule has 104 valence electrons. The Balaban J connectivity index is 2.15. The SMILES string of the molecule is Cc1nnc(COC(=O)c2ccc(Cl)cc2[N+](=O)[O-])o1. The number of carbonyl (C=O) groups is 1. The summed E-state index contributed by atoms with van der Waals surface area (Å²) in [6.45, 7) is 1.32. The Bertz CT molecular complexity index is 670. The van der Waals surface area contributed by atoms with Crippen LogP contribution in [-0.4, -0.2) is 21.1 Å². The molecule has 1 aromatic carbocycles. The maximum absolute atomic E-state index is 11.8. The van der Waals surface area contributed by atoms with Gasteiger partial charge in [-0.2, -0.15) is 0 Å². The van der Waals surface area contributed by atoms with Crippen molar-refractivity contribution >= 4 is 23.3 Å². The Labute approximate surface area is 117 Å². The van der Waals surface area contributed by atoms with E-state index in [-0.39, 0.29) is 23.1 Å². The number of rotatable bonds is 4. The minimum Gasteiger partial charge on any atom is -0.452 e. The molecule has 1 aromatic heterocycles. The van der Waals surface area contributed by atoms with Gasteiger partial charge in [0.25, 0.3) is 11.6 Å². The highest BCUT2D eigenvalue weighted by Gasteiger charge is 2.22. The molecule has 0 spiro atoms. The van der Waals surface area contributed by atoms with Crippen LogP contribution in [0.2, 0.25) is 5.02 Å². The van der Waals surface area contributed by atoms with E-state index in [2.05, 4.69) is 10.2 Å². The van der Waals surface area contributed by atoms with E-state index in [1.807, 2.05) is 0 Å². The number of benzene rings is 1. The van der Waals surface area contributed by atoms with E-state index in [0.29, 0.717) is 5.89 Å². The maximum atomic E-state index is 11.8. The summed E-state index contributed by atoms with van der Waals surface area (Å²) in [6, 6.07) is 3.67. The van der Waals surface area contributed by atoms with Crippen LogP contribution < -0.4 is 0 Å². The topological polar surface area (TPSA) is 108 Å². The Morgan fingerprint density at radius 3 is 2.85 bits per heavy atom. The molecule has 2 aromatic rings. The second-order valence-corrected chi connectivity index (χ2v) is 4.15. The zero-order chi connectivity index (χ0) is 14.7. The van der Waals surface area contributed by atoms with Crippen molar-refractivity contribution in [2.75, 3.05) is 0 Å². The van der Waals surface area contributed by atoms with Crippen LogP contribution in [0.3, 0.4) is 0 Å². The standard InChI is InChI=1S/C11H8ClN3O5/c1-6-13-14-10(20-6)5-19-11(16)8-3-2-7(12)4-9(8)15(17)18/h2-4H,5H2,1H3. The average molecular weight is 298 g/mol. The second kappa shape index (κ2) is 5.66. The van der Waals surface area contributed by atoms with Crippen molar-refractivity contribution in [1.29, 1.82) is 0 Å². The molecule has 0 radical (unpaired) electrons. The van der Waals surface area contributed by atoms with Crippen molar-refractivity contribution in [3.63, 3.8) is 0 Å². The summed E-state index contributed by atoms with van der Waals surface area (Å²) < 4.78 is 9.89. The number of nitro groups is 1. The zero-order valence-corrected chi connectivity index (χ0v) is 11.0. The van der Waals surface area contributed by atoms with E-state index in [0.717, 1.165) is 6.07 Å². The Morgan fingerprint density at radius 2 is 2.25 bits per heavy atom. The number of nitrogens with zero attached hydrogens (tertiary/aromatic N) is 3. The zero-order valence-electron chi connectivity index (χ0n) is 10.2. The predicted octanol–water partition coefficient (Wildman–Crippen LogP) is 2.30. The first-order valence-corrected chi connectivity index (χ1v) is 5.75. The minimum absolute atomic E-state index is 0.104. The van der Waals surface area contributed by atoms with Crippen LogP contribution in [0.25, 0.3) is 0 Å². The normalized spacial score (nSPS) is 10.3. The van der Waals surface area contributed by atoms with E-state index >= 15 is 0 Å². The number of ether oxygens (including phenoxy) is 1. The lowest BCUT2D eigenvalue weighted by Crippen LogP contribution is -2.08. The van der Waals surface area contributed by atoms with Gasteiger partial charge in [-0.1, -0.05) is 11.6 Å². The third kappa shape index (κ3) is 3.09. The first-order valence-electron chi connectivity index (χ1n) is 5.37. The maximum Gasteiger partial charge on any atom is 0.345 e. The molecule has 0 aliphatic heterocycles. The van der Waals surface area contributed by atoms with Gasteiger partial charge in [0.2, 0.25) is 5.89 Å². The molecule has 0 saturated heterocycles. The van der Waals surface area contributed by atoms with Crippen LogP contribution >= 0.6 is 11.6 Å². The van der Waals surface area contributed by atoms with Crippen LogP contribution in [-0.2, 0) is 11.3 Å². The van der Waals surface area contributed by atoms with Crippen molar-refractivity contribution in [1.82, 2.24) is 10.2 Å². The molecule has 0 unspecified atom stereocenters. The van der Waals surface area contributed by atoms with E-state index < -0.39 is 16.6 Å². The molecule has 1 heterocycles. The summed E-state index contributed by atoms with van der Waals surface area (Å²) >= 11 is 5.65. The second-order valence-electron chi connectivity index (χ2n) is 3.71. The number of esters is 1. The lowest BCUT2D eigenvalue weighted by atomic mass is 10.2. The number of carbonyl (C=O) groups excluding carboxylic acids is 1. The molecule has 20 heavy (non-hydrogen) atoms. The molecule has 0 bridgehead atoms. The molecule has 0 aliphatic rings. The molecule has 8 nitrogen and oxygen atoms in total. The molecule has 0 N–H and O–H groups in total. The number of aromatic nitrogens is 2. The average Bonchev–Trinajstić information content (AvgIpc) is 2.81. The van der Waals surface area contributed by atoms with Crippen LogP contribution in [0, 0.1) is 17.0 Å². The van der Waals surface area contributed by atoms with Crippen molar-refractivity contribution < 1.29 is 18.9 Å². The lowest BCUT2D eigenvalue weighted by Gasteiger charge is -2.03. The van der Waals surface area contributed by atoms with Crippen LogP contribution in [0.1, 0.15) is 22.1 Å². The first-order chi connectivity index (χ1) is 9.47. The van der Waals surface area contributed by atoms with Gasteiger partial charge in [0.05, 0.1) is 4.92 Å². The van der Waals surface area contributed by atoms with Gasteiger partial charge < -0.3 is 9.15 Å². The summed E-state index contributed by atoms with van der Waals surface area (Å²) in [6.07, 6.45) is 0. The predicted molar refractivity (Wildman–Crippen MR) is 66.3 cm³/mol. The van der Waals surface area contributed by atoms with Crippen LogP contribution in [0.15, 0.2) is 22.6 Å². The molecular weight excluding hydrogens is 290 g/mol. The van der Waals surface area contributed by atoms with Crippen molar-refractivity contribution in [2.24, 2.45) is 0 Å². The van der Waals surface area contributed by atoms with Crippen LogP contribution in [0.4, 0.5) is 5.69 Å². The summed E-state index contributed by atoms with van der Waals surface area (Å²) in [5, 5.41) is 18.2. The van der Waals surface area contributed by atoms with Gasteiger partial charge in [-0.3, -0.25) is 10.1 Å². The number of halogens is 1. The van der Waals surface area contributed by atoms with Crippen LogP contribution in [0.5, 0.6) is 0 Å². The van der Waals surface area contributed by atoms with Gasteiger partial charge in [0, 0.05) is 18.0 Å². The van der Waals surface area contributed by atoms with E-state index in [1.54, 1.807) is 6.92 Å². The van der Waals surface area contributed by atoms with Crippen molar-refractivity contribution in [2.45, 2.75) is 13.5 Å². The monoisotopic (exact) mass is 297 g/mol. The van der Waals surface area contributed by atoms with Gasteiger partial charge >= 0.3 is 5.97 Å². The summed E-state index contributed by atoms with van der Waals surface area (Å²) in [5.74, 6) is -0.440. The lowest BCUT2D eigenvalue weighted by molar-refractivity contribution is -0.385. The minimum atomic E-state index is -0.871. The highest BCUT2D eigenvalue weighted by molar-refractivity contribution is 6.31. The van der Waals surface area contributed by atoms with Gasteiger partial charge in [-0.15, -0.1) is 10.2 Å². The van der Waals surface area contributed by atoms with Gasteiger partial charge in [-0.25, -0.2) is 4.79 Å². The number of nitro benzene ring substituents is 1. The smallest absolute Gasteiger partial charge is 0.345 e. The van der Waals surface area contributed by atoms with E-state index in [4.69, 9.17) is 20.8 Å². The van der Waals surface area contributed by atoms with E-state index in [9.17, 15) is 14.9 Å². The Morgan fingerprint density at radius 1 is 1.50 bits per heavy atom. The molecule has 0 fully saturated rings. The van der Waals surface area contributed by atoms with Crippen molar-refractivity contribution in [3.8, 4) is 0 Å². The molecule has 0 amide bonds. The Hall–Kier alpha value is -2.48. The molecular formula is C11H8ClN3O5. The molecule has 0 aliphatic carbocycles. The largest absolute Gasteiger partial charge is 0.452 e. The quantitative estimate of drug-likeness (QED) is 0.484. The number of hydrogen-bond acceptors (Lipinski definition) is 7. The highest BCUT2D eigenvalue weighted by atomic mass is 35.5. The third-order valence-electron chi connectivity index (χ3n) is 2.27. The van der Waals surface area contributed by atoms with E-state index in [1.165, 1.54) is 12.1 Å². The number of aryl methyl sites for hydroxylation is 1. The summed E-state index contributed by atoms with van der Waals surface area (Å²) in [4.78, 5) is 21.9. The molecule has 2 rings (SSSR count). The molecule has 9 heteroatoms. The molecule has 0 saturated carbocycles. The molecule has 0 atom stereocenters. The van der Waals surface area contributed by atoms with Gasteiger partial charge in [-0.05, 0) is 12.1 Å². The highest BCUT2D eigenvalue weighted by Crippen LogP contribution is 2.24. The fraction of sp³-hybridized carbons (Fsp3) is 0.182.